The zero-order valence-corrected chi connectivity index (χ0v) is 19.3. The molecule has 3 aliphatic rings. The van der Waals surface area contributed by atoms with Crippen molar-refractivity contribution < 1.29 is 28.9 Å². The average Bonchev–Trinajstić information content (AvgIpc) is 2.57. The van der Waals surface area contributed by atoms with Crippen LogP contribution in [0.25, 0.3) is 0 Å². The van der Waals surface area contributed by atoms with Crippen LogP contribution < -0.4 is 0 Å². The second-order valence-electron chi connectivity index (χ2n) is 10.8. The maximum Gasteiger partial charge on any atom is 0.302 e. The van der Waals surface area contributed by atoms with Gasteiger partial charge in [-0.2, -0.15) is 0 Å². The fourth-order valence-electron chi connectivity index (χ4n) is 7.48. The normalized spacial score (nSPS) is 48.1. The van der Waals surface area contributed by atoms with Gasteiger partial charge in [0, 0.05) is 38.0 Å². The third-order valence-electron chi connectivity index (χ3n) is 8.09. The van der Waals surface area contributed by atoms with Crippen LogP contribution in [0.3, 0.4) is 0 Å². The number of rotatable bonds is 4. The summed E-state index contributed by atoms with van der Waals surface area (Å²) in [4.78, 5) is 23.6. The topological polar surface area (TPSA) is 82.1 Å². The Morgan fingerprint density at radius 2 is 1.77 bits per heavy atom. The number of hydrogen-bond donors (Lipinski definition) is 1. The van der Waals surface area contributed by atoms with E-state index >= 15 is 0 Å². The summed E-state index contributed by atoms with van der Waals surface area (Å²) in [6.07, 6.45) is 4.54. The highest BCUT2D eigenvalue weighted by Crippen LogP contribution is 2.66. The molecule has 0 spiro atoms. The molecule has 1 N–H and O–H groups in total. The van der Waals surface area contributed by atoms with Gasteiger partial charge in [-0.05, 0) is 38.0 Å². The van der Waals surface area contributed by atoms with Crippen LogP contribution in [-0.4, -0.2) is 47.1 Å². The minimum absolute atomic E-state index is 0.0766. The molecule has 1 aliphatic heterocycles. The minimum atomic E-state index is -0.661. The minimum Gasteiger partial charge on any atom is -0.465 e. The van der Waals surface area contributed by atoms with E-state index < -0.39 is 17.3 Å². The van der Waals surface area contributed by atoms with Crippen LogP contribution in [0.1, 0.15) is 73.6 Å². The Morgan fingerprint density at radius 3 is 2.33 bits per heavy atom. The fraction of sp³-hybridized carbons (Fsp3) is 0.833. The molecular weight excluding hydrogens is 384 g/mol. The van der Waals surface area contributed by atoms with Crippen molar-refractivity contribution in [3.63, 3.8) is 0 Å². The second-order valence-corrected chi connectivity index (χ2v) is 10.8. The van der Waals surface area contributed by atoms with Gasteiger partial charge in [-0.1, -0.05) is 26.3 Å². The predicted octanol–water partition coefficient (Wildman–Crippen LogP) is 3.80. The van der Waals surface area contributed by atoms with Gasteiger partial charge in [-0.3, -0.25) is 9.59 Å². The smallest absolute Gasteiger partial charge is 0.302 e. The van der Waals surface area contributed by atoms with Gasteiger partial charge in [0.25, 0.3) is 0 Å². The summed E-state index contributed by atoms with van der Waals surface area (Å²) >= 11 is 0. The molecule has 0 aromatic heterocycles. The number of carbonyl (C=O) groups is 2. The molecule has 1 heterocycles. The van der Waals surface area contributed by atoms with E-state index in [0.717, 1.165) is 19.3 Å². The Hall–Kier alpha value is -1.40. The Labute approximate surface area is 180 Å². The summed E-state index contributed by atoms with van der Waals surface area (Å²) in [5.74, 6) is -0.780. The maximum absolute atomic E-state index is 12.0. The molecule has 6 heteroatoms. The number of esters is 2. The summed E-state index contributed by atoms with van der Waals surface area (Å²) in [5.41, 5.74) is -1.97. The van der Waals surface area contributed by atoms with Gasteiger partial charge in [0.15, 0.2) is 0 Å². The van der Waals surface area contributed by atoms with E-state index in [-0.39, 0.29) is 47.3 Å². The van der Waals surface area contributed by atoms with Crippen LogP contribution in [-0.2, 0) is 23.8 Å². The Kier molecular flexibility index (Phi) is 5.92. The average molecular weight is 423 g/mol. The molecule has 2 saturated carbocycles. The van der Waals surface area contributed by atoms with Crippen molar-refractivity contribution in [3.05, 3.63) is 12.7 Å². The van der Waals surface area contributed by atoms with E-state index in [2.05, 4.69) is 20.4 Å². The van der Waals surface area contributed by atoms with E-state index in [1.165, 1.54) is 13.8 Å². The highest BCUT2D eigenvalue weighted by molar-refractivity contribution is 5.66. The van der Waals surface area contributed by atoms with E-state index in [4.69, 9.17) is 14.2 Å². The van der Waals surface area contributed by atoms with E-state index in [1.54, 1.807) is 6.08 Å². The SMILES string of the molecule is C=C[C@@]1(C)CC(OC(C)=O)C2[C@@](C)(C[C@@H](O)[C@H]3[C@](C)(COC(C)=O)CCC[C@]23C)O1. The lowest BCUT2D eigenvalue weighted by molar-refractivity contribution is -0.308. The number of ether oxygens (including phenoxy) is 3. The monoisotopic (exact) mass is 422 g/mol. The molecule has 30 heavy (non-hydrogen) atoms. The summed E-state index contributed by atoms with van der Waals surface area (Å²) in [6.45, 7) is 15.4. The van der Waals surface area contributed by atoms with Gasteiger partial charge in [0.2, 0.25) is 0 Å². The van der Waals surface area contributed by atoms with Crippen molar-refractivity contribution in [1.82, 2.24) is 0 Å². The quantitative estimate of drug-likeness (QED) is 0.548. The van der Waals surface area contributed by atoms with Crippen LogP contribution in [0, 0.1) is 22.7 Å². The van der Waals surface area contributed by atoms with Crippen LogP contribution in [0.2, 0.25) is 0 Å². The highest BCUT2D eigenvalue weighted by atomic mass is 16.6. The lowest BCUT2D eigenvalue weighted by Gasteiger charge is -2.67. The van der Waals surface area contributed by atoms with Gasteiger partial charge < -0.3 is 19.3 Å². The largest absolute Gasteiger partial charge is 0.465 e. The molecule has 0 radical (unpaired) electrons. The number of carbonyl (C=O) groups excluding carboxylic acids is 2. The second kappa shape index (κ2) is 7.63. The molecule has 170 valence electrons. The van der Waals surface area contributed by atoms with Crippen molar-refractivity contribution in [1.29, 1.82) is 0 Å². The van der Waals surface area contributed by atoms with Crippen LogP contribution in [0.5, 0.6) is 0 Å². The molecule has 6 nitrogen and oxygen atoms in total. The molecule has 0 aromatic carbocycles. The molecule has 1 saturated heterocycles. The third kappa shape index (κ3) is 3.81. The zero-order chi connectivity index (χ0) is 22.5. The van der Waals surface area contributed by atoms with Crippen molar-refractivity contribution >= 4 is 11.9 Å². The zero-order valence-electron chi connectivity index (χ0n) is 19.3. The molecule has 0 amide bonds. The van der Waals surface area contributed by atoms with Gasteiger partial charge in [0.1, 0.15) is 6.10 Å². The van der Waals surface area contributed by atoms with Gasteiger partial charge >= 0.3 is 11.9 Å². The summed E-state index contributed by atoms with van der Waals surface area (Å²) < 4.78 is 18.0. The summed E-state index contributed by atoms with van der Waals surface area (Å²) in [5, 5.41) is 11.4. The standard InChI is InChI=1S/C24H38O6/c1-8-22(5)13-18(29-16(3)26)20-23(6)11-9-10-21(4,14-28-15(2)25)19(23)17(27)12-24(20,7)30-22/h8,17-20,27H,1,9-14H2,2-7H3/t17-,18?,19+,20?,21+,22+,23+,24-/m1/s1. The summed E-state index contributed by atoms with van der Waals surface area (Å²) in [6, 6.07) is 0. The molecule has 0 bridgehead atoms. The maximum atomic E-state index is 12.0. The lowest BCUT2D eigenvalue weighted by atomic mass is 9.43. The van der Waals surface area contributed by atoms with E-state index in [1.807, 2.05) is 13.8 Å². The van der Waals surface area contributed by atoms with Crippen molar-refractivity contribution in [2.24, 2.45) is 22.7 Å². The lowest BCUT2D eigenvalue weighted by Crippen LogP contribution is -2.71. The van der Waals surface area contributed by atoms with E-state index in [0.29, 0.717) is 12.8 Å². The van der Waals surface area contributed by atoms with Crippen molar-refractivity contribution in [3.8, 4) is 0 Å². The first-order valence-electron chi connectivity index (χ1n) is 11.1. The molecular formula is C24H38O6. The van der Waals surface area contributed by atoms with Gasteiger partial charge in [-0.15, -0.1) is 6.58 Å². The Bertz CT molecular complexity index is 720. The Balaban J connectivity index is 2.07. The first-order chi connectivity index (χ1) is 13.8. The van der Waals surface area contributed by atoms with Crippen LogP contribution in [0.15, 0.2) is 12.7 Å². The van der Waals surface area contributed by atoms with Crippen LogP contribution >= 0.6 is 0 Å². The Morgan fingerprint density at radius 1 is 1.10 bits per heavy atom. The molecule has 8 atom stereocenters. The van der Waals surface area contributed by atoms with Gasteiger partial charge in [-0.25, -0.2) is 0 Å². The van der Waals surface area contributed by atoms with E-state index in [9.17, 15) is 14.7 Å². The highest BCUT2D eigenvalue weighted by Gasteiger charge is 2.68. The number of fused-ring (bicyclic) bond motifs is 3. The van der Waals surface area contributed by atoms with Gasteiger partial charge in [0.05, 0.1) is 23.9 Å². The van der Waals surface area contributed by atoms with Crippen molar-refractivity contribution in [2.45, 2.75) is 97.1 Å². The number of hydrogen-bond acceptors (Lipinski definition) is 6. The molecule has 0 aromatic rings. The first kappa shape index (κ1) is 23.3. The molecule has 2 aliphatic carbocycles. The summed E-state index contributed by atoms with van der Waals surface area (Å²) in [7, 11) is 0. The fourth-order valence-corrected chi connectivity index (χ4v) is 7.48. The molecule has 3 rings (SSSR count). The number of aliphatic hydroxyl groups is 1. The first-order valence-corrected chi connectivity index (χ1v) is 11.1. The molecule has 3 fully saturated rings. The molecule has 2 unspecified atom stereocenters. The predicted molar refractivity (Wildman–Crippen MR) is 113 cm³/mol. The van der Waals surface area contributed by atoms with Crippen LogP contribution in [0.4, 0.5) is 0 Å². The number of aliphatic hydroxyl groups excluding tert-OH is 1. The third-order valence-corrected chi connectivity index (χ3v) is 8.09. The van der Waals surface area contributed by atoms with Crippen molar-refractivity contribution in [2.75, 3.05) is 6.61 Å².